The normalized spacial score (nSPS) is 22.3. The minimum Gasteiger partial charge on any atom is -0.496 e. The lowest BCUT2D eigenvalue weighted by atomic mass is 9.92. The van der Waals surface area contributed by atoms with Crippen molar-refractivity contribution in [3.8, 4) is 16.9 Å². The fraction of sp³-hybridized carbons (Fsp3) is 0.400. The first-order chi connectivity index (χ1) is 12.8. The average Bonchev–Trinajstić information content (AvgIpc) is 3.13. The Kier molecular flexibility index (Phi) is 3.80. The number of carbonyl (C=O) groups is 1. The summed E-state index contributed by atoms with van der Waals surface area (Å²) in [6, 6.07) is 3.13. The number of nitrogens with two attached hydrogens (primary N) is 1. The molecule has 2 atom stereocenters. The van der Waals surface area contributed by atoms with Crippen LogP contribution in [-0.2, 0) is 5.41 Å². The van der Waals surface area contributed by atoms with E-state index >= 15 is 4.39 Å². The Morgan fingerprint density at radius 2 is 2.11 bits per heavy atom. The number of aromatic nitrogens is 1. The number of nitrogen functional groups attached to an aromatic ring is 1. The van der Waals surface area contributed by atoms with E-state index < -0.39 is 11.7 Å². The fourth-order valence-corrected chi connectivity index (χ4v) is 4.15. The lowest BCUT2D eigenvalue weighted by Crippen LogP contribution is -2.24. The van der Waals surface area contributed by atoms with E-state index in [0.29, 0.717) is 17.2 Å². The number of rotatable bonds is 3. The smallest absolute Gasteiger partial charge is 0.258 e. The maximum atomic E-state index is 15.4. The van der Waals surface area contributed by atoms with Gasteiger partial charge in [0.15, 0.2) is 0 Å². The van der Waals surface area contributed by atoms with Gasteiger partial charge in [-0.15, -0.1) is 0 Å². The van der Waals surface area contributed by atoms with Crippen molar-refractivity contribution in [2.75, 3.05) is 38.8 Å². The maximum Gasteiger partial charge on any atom is 0.258 e. The van der Waals surface area contributed by atoms with Gasteiger partial charge in [0.1, 0.15) is 17.4 Å². The van der Waals surface area contributed by atoms with Crippen molar-refractivity contribution < 1.29 is 13.9 Å². The number of methoxy groups -OCH3 is 1. The first-order valence-electron chi connectivity index (χ1n) is 8.93. The van der Waals surface area contributed by atoms with Crippen LogP contribution in [0.25, 0.3) is 11.1 Å². The fourth-order valence-electron chi connectivity index (χ4n) is 4.15. The number of pyridine rings is 1. The zero-order valence-electron chi connectivity index (χ0n) is 15.9. The second-order valence-corrected chi connectivity index (χ2v) is 7.63. The number of benzene rings is 1. The maximum absolute atomic E-state index is 15.4. The molecule has 0 radical (unpaired) electrons. The summed E-state index contributed by atoms with van der Waals surface area (Å²) in [6.07, 6.45) is 2.64. The number of fused-ring (bicyclic) bond motifs is 2. The third-order valence-corrected chi connectivity index (χ3v) is 5.84. The van der Waals surface area contributed by atoms with Crippen molar-refractivity contribution in [3.05, 3.63) is 35.3 Å². The third-order valence-electron chi connectivity index (χ3n) is 5.84. The number of halogens is 1. The molecule has 2 aliphatic rings. The predicted molar refractivity (Wildman–Crippen MR) is 103 cm³/mol. The van der Waals surface area contributed by atoms with E-state index in [4.69, 9.17) is 10.5 Å². The van der Waals surface area contributed by atoms with Crippen LogP contribution in [0.1, 0.15) is 29.3 Å². The van der Waals surface area contributed by atoms with Gasteiger partial charge in [0, 0.05) is 54.6 Å². The highest BCUT2D eigenvalue weighted by Gasteiger charge is 2.58. The van der Waals surface area contributed by atoms with Crippen molar-refractivity contribution in [2.24, 2.45) is 5.92 Å². The zero-order valence-corrected chi connectivity index (χ0v) is 15.9. The third kappa shape index (κ3) is 2.37. The Bertz CT molecular complexity index is 959. The van der Waals surface area contributed by atoms with Crippen molar-refractivity contribution >= 4 is 17.4 Å². The first kappa shape index (κ1) is 17.6. The topological polar surface area (TPSA) is 80.5 Å². The van der Waals surface area contributed by atoms with Crippen LogP contribution in [0.2, 0.25) is 0 Å². The Morgan fingerprint density at radius 1 is 1.41 bits per heavy atom. The van der Waals surface area contributed by atoms with Crippen LogP contribution in [0, 0.1) is 11.7 Å². The van der Waals surface area contributed by atoms with Gasteiger partial charge in [-0.1, -0.05) is 6.92 Å². The first-order valence-corrected chi connectivity index (χ1v) is 8.93. The molecule has 0 unspecified atom stereocenters. The molecule has 1 spiro atoms. The molecule has 1 aromatic heterocycles. The SMILES string of the molecule is COc1c(-c2ccc(N)c(C(=O)N(C)C)c2F)cnc2c1[C@@]1(CN2)C[C@@H]1C. The predicted octanol–water partition coefficient (Wildman–Crippen LogP) is 2.88. The van der Waals surface area contributed by atoms with Crippen molar-refractivity contribution in [2.45, 2.75) is 18.8 Å². The quantitative estimate of drug-likeness (QED) is 0.812. The summed E-state index contributed by atoms with van der Waals surface area (Å²) in [7, 11) is 4.71. The summed E-state index contributed by atoms with van der Waals surface area (Å²) in [4.78, 5) is 18.2. The van der Waals surface area contributed by atoms with E-state index in [1.54, 1.807) is 39.5 Å². The van der Waals surface area contributed by atoms with E-state index in [2.05, 4.69) is 17.2 Å². The van der Waals surface area contributed by atoms with Crippen LogP contribution in [0.4, 0.5) is 15.9 Å². The molecule has 3 N–H and O–H groups in total. The lowest BCUT2D eigenvalue weighted by Gasteiger charge is -2.19. The summed E-state index contributed by atoms with van der Waals surface area (Å²) >= 11 is 0. The molecule has 27 heavy (non-hydrogen) atoms. The molecule has 2 heterocycles. The van der Waals surface area contributed by atoms with Gasteiger partial charge in [-0.3, -0.25) is 4.79 Å². The van der Waals surface area contributed by atoms with Gasteiger partial charge in [0.05, 0.1) is 12.7 Å². The Labute approximate surface area is 157 Å². The summed E-state index contributed by atoms with van der Waals surface area (Å²) in [5.41, 5.74) is 7.67. The molecule has 4 rings (SSSR count). The summed E-state index contributed by atoms with van der Waals surface area (Å²) in [5.74, 6) is 0.785. The molecule has 1 saturated carbocycles. The Morgan fingerprint density at radius 3 is 2.70 bits per heavy atom. The van der Waals surface area contributed by atoms with Crippen LogP contribution in [-0.4, -0.2) is 43.5 Å². The zero-order chi connectivity index (χ0) is 19.5. The van der Waals surface area contributed by atoms with Crippen molar-refractivity contribution in [3.63, 3.8) is 0 Å². The largest absolute Gasteiger partial charge is 0.496 e. The standard InChI is InChI=1S/C20H23FN4O2/c1-10-7-20(10)9-24-18-15(20)17(27-4)12(8-23-18)11-5-6-13(22)14(16(11)21)19(26)25(2)3/h5-6,8,10H,7,9,22H2,1-4H3,(H,23,24)/t10-,20+/m0/s1. The van der Waals surface area contributed by atoms with Crippen molar-refractivity contribution in [1.82, 2.24) is 9.88 Å². The molecule has 1 aliphatic carbocycles. The van der Waals surface area contributed by atoms with Gasteiger partial charge >= 0.3 is 0 Å². The number of nitrogens with one attached hydrogen (secondary N) is 1. The Hall–Kier alpha value is -2.83. The van der Waals surface area contributed by atoms with Crippen LogP contribution >= 0.6 is 0 Å². The monoisotopic (exact) mass is 370 g/mol. The average molecular weight is 370 g/mol. The van der Waals surface area contributed by atoms with Gasteiger partial charge in [-0.05, 0) is 24.5 Å². The number of carbonyl (C=O) groups excluding carboxylic acids is 1. The van der Waals surface area contributed by atoms with Crippen LogP contribution in [0.5, 0.6) is 5.75 Å². The van der Waals surface area contributed by atoms with Gasteiger partial charge in [0.2, 0.25) is 0 Å². The molecule has 142 valence electrons. The second kappa shape index (κ2) is 5.84. The number of hydrogen-bond donors (Lipinski definition) is 2. The molecule has 1 aromatic carbocycles. The Balaban J connectivity index is 1.93. The minimum absolute atomic E-state index is 0.00371. The van der Waals surface area contributed by atoms with E-state index in [9.17, 15) is 4.79 Å². The number of nitrogens with zero attached hydrogens (tertiary/aromatic N) is 2. The molecule has 1 fully saturated rings. The molecule has 1 amide bonds. The molecule has 0 bridgehead atoms. The van der Waals surface area contributed by atoms with Gasteiger partial charge in [-0.2, -0.15) is 0 Å². The number of anilines is 2. The minimum atomic E-state index is -0.655. The van der Waals surface area contributed by atoms with Crippen molar-refractivity contribution in [1.29, 1.82) is 0 Å². The van der Waals surface area contributed by atoms with Gasteiger partial charge in [-0.25, -0.2) is 9.37 Å². The van der Waals surface area contributed by atoms with Crippen LogP contribution in [0.15, 0.2) is 18.3 Å². The number of amides is 1. The highest BCUT2D eigenvalue weighted by atomic mass is 19.1. The molecule has 0 saturated heterocycles. The van der Waals surface area contributed by atoms with E-state index in [-0.39, 0.29) is 22.2 Å². The van der Waals surface area contributed by atoms with Gasteiger partial charge in [0.25, 0.3) is 5.91 Å². The van der Waals surface area contributed by atoms with Gasteiger partial charge < -0.3 is 20.7 Å². The summed E-state index contributed by atoms with van der Waals surface area (Å²) in [5, 5.41) is 3.34. The highest BCUT2D eigenvalue weighted by Crippen LogP contribution is 2.62. The molecule has 1 aliphatic heterocycles. The van der Waals surface area contributed by atoms with Crippen LogP contribution < -0.4 is 15.8 Å². The highest BCUT2D eigenvalue weighted by molar-refractivity contribution is 6.01. The molecule has 7 heteroatoms. The summed E-state index contributed by atoms with van der Waals surface area (Å²) in [6.45, 7) is 3.01. The number of hydrogen-bond acceptors (Lipinski definition) is 5. The van der Waals surface area contributed by atoms with Crippen LogP contribution in [0.3, 0.4) is 0 Å². The molecule has 2 aromatic rings. The van der Waals surface area contributed by atoms with E-state index in [1.165, 1.54) is 4.90 Å². The lowest BCUT2D eigenvalue weighted by molar-refractivity contribution is 0.0824. The number of ether oxygens (including phenoxy) is 1. The molecular formula is C20H23FN4O2. The summed E-state index contributed by atoms with van der Waals surface area (Å²) < 4.78 is 21.1. The molecular weight excluding hydrogens is 347 g/mol. The van der Waals surface area contributed by atoms with E-state index in [0.717, 1.165) is 24.3 Å². The second-order valence-electron chi connectivity index (χ2n) is 7.63. The van der Waals surface area contributed by atoms with E-state index in [1.807, 2.05) is 0 Å². The molecule has 6 nitrogen and oxygen atoms in total.